The SMILES string of the molecule is CCC(Oc1cccc(Cl)c1)C(=O)NCCSC(C)(C)C. The number of carbonyl (C=O) groups is 1. The fourth-order valence-electron chi connectivity index (χ4n) is 1.67. The van der Waals surface area contributed by atoms with Gasteiger partial charge in [0.05, 0.1) is 0 Å². The molecule has 1 aromatic rings. The summed E-state index contributed by atoms with van der Waals surface area (Å²) >= 11 is 7.74. The first-order chi connectivity index (χ1) is 9.81. The van der Waals surface area contributed by atoms with Crippen molar-refractivity contribution in [2.75, 3.05) is 12.3 Å². The summed E-state index contributed by atoms with van der Waals surface area (Å²) in [6.07, 6.45) is 0.133. The molecule has 21 heavy (non-hydrogen) atoms. The van der Waals surface area contributed by atoms with E-state index in [9.17, 15) is 4.79 Å². The zero-order valence-corrected chi connectivity index (χ0v) is 14.7. The zero-order valence-electron chi connectivity index (χ0n) is 13.1. The summed E-state index contributed by atoms with van der Waals surface area (Å²) in [4.78, 5) is 12.1. The van der Waals surface area contributed by atoms with Crippen LogP contribution in [0.4, 0.5) is 0 Å². The van der Waals surface area contributed by atoms with Crippen molar-refractivity contribution >= 4 is 29.3 Å². The number of thioether (sulfide) groups is 1. The number of nitrogens with one attached hydrogen (secondary N) is 1. The molecule has 5 heteroatoms. The maximum absolute atomic E-state index is 12.1. The predicted molar refractivity (Wildman–Crippen MR) is 91.4 cm³/mol. The van der Waals surface area contributed by atoms with Gasteiger partial charge in [-0.05, 0) is 24.6 Å². The van der Waals surface area contributed by atoms with Crippen LogP contribution in [0.1, 0.15) is 34.1 Å². The van der Waals surface area contributed by atoms with E-state index in [-0.39, 0.29) is 10.7 Å². The average Bonchev–Trinajstić information content (AvgIpc) is 2.39. The van der Waals surface area contributed by atoms with Crippen molar-refractivity contribution in [3.8, 4) is 5.75 Å². The van der Waals surface area contributed by atoms with Gasteiger partial charge in [0.1, 0.15) is 5.75 Å². The van der Waals surface area contributed by atoms with E-state index in [1.165, 1.54) is 0 Å². The molecule has 0 saturated heterocycles. The van der Waals surface area contributed by atoms with Gasteiger partial charge in [-0.3, -0.25) is 4.79 Å². The Labute approximate surface area is 136 Å². The molecule has 0 radical (unpaired) electrons. The topological polar surface area (TPSA) is 38.3 Å². The molecule has 3 nitrogen and oxygen atoms in total. The van der Waals surface area contributed by atoms with Gasteiger partial charge in [0.2, 0.25) is 0 Å². The minimum absolute atomic E-state index is 0.0769. The number of benzene rings is 1. The summed E-state index contributed by atoms with van der Waals surface area (Å²) in [6, 6.07) is 7.10. The third-order valence-electron chi connectivity index (χ3n) is 2.67. The van der Waals surface area contributed by atoms with Crippen molar-refractivity contribution in [3.63, 3.8) is 0 Å². The number of hydrogen-bond donors (Lipinski definition) is 1. The summed E-state index contributed by atoms with van der Waals surface area (Å²) in [5.74, 6) is 1.43. The number of halogens is 1. The molecule has 1 atom stereocenters. The van der Waals surface area contributed by atoms with Gasteiger partial charge in [0.15, 0.2) is 6.10 Å². The smallest absolute Gasteiger partial charge is 0.261 e. The van der Waals surface area contributed by atoms with Gasteiger partial charge in [-0.15, -0.1) is 0 Å². The van der Waals surface area contributed by atoms with E-state index in [0.717, 1.165) is 5.75 Å². The standard InChI is InChI=1S/C16H24ClNO2S/c1-5-14(20-13-8-6-7-12(17)11-13)15(19)18-9-10-21-16(2,3)4/h6-8,11,14H,5,9-10H2,1-4H3,(H,18,19). The van der Waals surface area contributed by atoms with Crippen LogP contribution in [-0.2, 0) is 4.79 Å². The maximum atomic E-state index is 12.1. The Hall–Kier alpha value is -0.870. The molecular formula is C16H24ClNO2S. The van der Waals surface area contributed by atoms with Crippen LogP contribution >= 0.6 is 23.4 Å². The molecule has 1 rings (SSSR count). The van der Waals surface area contributed by atoms with Crippen molar-refractivity contribution in [1.82, 2.24) is 5.32 Å². The minimum atomic E-state index is -0.483. The molecule has 0 saturated carbocycles. The molecular weight excluding hydrogens is 306 g/mol. The fraction of sp³-hybridized carbons (Fsp3) is 0.562. The fourth-order valence-corrected chi connectivity index (χ4v) is 2.67. The molecule has 118 valence electrons. The lowest BCUT2D eigenvalue weighted by atomic mass is 10.2. The number of amides is 1. The van der Waals surface area contributed by atoms with Gasteiger partial charge in [0.25, 0.3) is 5.91 Å². The number of ether oxygens (including phenoxy) is 1. The monoisotopic (exact) mass is 329 g/mol. The lowest BCUT2D eigenvalue weighted by molar-refractivity contribution is -0.127. The first-order valence-electron chi connectivity index (χ1n) is 7.15. The molecule has 1 N–H and O–H groups in total. The van der Waals surface area contributed by atoms with E-state index in [1.807, 2.05) is 24.8 Å². The molecule has 0 heterocycles. The van der Waals surface area contributed by atoms with Gasteiger partial charge < -0.3 is 10.1 Å². The Bertz CT molecular complexity index is 460. The highest BCUT2D eigenvalue weighted by Gasteiger charge is 2.18. The normalized spacial score (nSPS) is 12.8. The van der Waals surface area contributed by atoms with Crippen molar-refractivity contribution < 1.29 is 9.53 Å². The lowest BCUT2D eigenvalue weighted by Gasteiger charge is -2.19. The van der Waals surface area contributed by atoms with Crippen molar-refractivity contribution in [2.45, 2.75) is 45.0 Å². The minimum Gasteiger partial charge on any atom is -0.481 e. The van der Waals surface area contributed by atoms with Crippen LogP contribution in [-0.4, -0.2) is 29.1 Å². The molecule has 0 aliphatic heterocycles. The maximum Gasteiger partial charge on any atom is 0.261 e. The molecule has 0 aromatic heterocycles. The van der Waals surface area contributed by atoms with Crippen molar-refractivity contribution in [2.24, 2.45) is 0 Å². The Balaban J connectivity index is 2.43. The Morgan fingerprint density at radius 1 is 1.43 bits per heavy atom. The van der Waals surface area contributed by atoms with E-state index in [2.05, 4.69) is 26.1 Å². The van der Waals surface area contributed by atoms with Crippen LogP contribution in [0.15, 0.2) is 24.3 Å². The molecule has 0 spiro atoms. The molecule has 0 aliphatic rings. The molecule has 1 unspecified atom stereocenters. The van der Waals surface area contributed by atoms with Crippen LogP contribution in [0.3, 0.4) is 0 Å². The van der Waals surface area contributed by atoms with Gasteiger partial charge in [-0.25, -0.2) is 0 Å². The van der Waals surface area contributed by atoms with Crippen LogP contribution < -0.4 is 10.1 Å². The van der Waals surface area contributed by atoms with Crippen LogP contribution in [0.2, 0.25) is 5.02 Å². The molecule has 0 bridgehead atoms. The van der Waals surface area contributed by atoms with E-state index >= 15 is 0 Å². The Kier molecular flexibility index (Phi) is 7.40. The summed E-state index contributed by atoms with van der Waals surface area (Å²) in [5, 5.41) is 3.52. The lowest BCUT2D eigenvalue weighted by Crippen LogP contribution is -2.39. The second-order valence-electron chi connectivity index (χ2n) is 5.72. The third-order valence-corrected chi connectivity index (χ3v) is 4.18. The van der Waals surface area contributed by atoms with Crippen molar-refractivity contribution in [1.29, 1.82) is 0 Å². The van der Waals surface area contributed by atoms with E-state index < -0.39 is 6.10 Å². The molecule has 1 aromatic carbocycles. The first kappa shape index (κ1) is 18.2. The van der Waals surface area contributed by atoms with Crippen LogP contribution in [0.25, 0.3) is 0 Å². The van der Waals surface area contributed by atoms with Gasteiger partial charge in [-0.2, -0.15) is 11.8 Å². The van der Waals surface area contributed by atoms with E-state index in [0.29, 0.717) is 23.7 Å². The van der Waals surface area contributed by atoms with Gasteiger partial charge in [0, 0.05) is 22.1 Å². The number of rotatable bonds is 7. The van der Waals surface area contributed by atoms with Crippen molar-refractivity contribution in [3.05, 3.63) is 29.3 Å². The predicted octanol–water partition coefficient (Wildman–Crippen LogP) is 4.15. The zero-order chi connectivity index (χ0) is 15.9. The van der Waals surface area contributed by atoms with E-state index in [4.69, 9.17) is 16.3 Å². The second-order valence-corrected chi connectivity index (χ2v) is 8.08. The average molecular weight is 330 g/mol. The van der Waals surface area contributed by atoms with Gasteiger partial charge in [-0.1, -0.05) is 45.4 Å². The summed E-state index contributed by atoms with van der Waals surface area (Å²) in [6.45, 7) is 9.07. The second kappa shape index (κ2) is 8.54. The van der Waals surface area contributed by atoms with Crippen LogP contribution in [0, 0.1) is 0 Å². The third kappa shape index (κ3) is 7.63. The summed E-state index contributed by atoms with van der Waals surface area (Å²) < 4.78 is 5.92. The Morgan fingerprint density at radius 3 is 2.71 bits per heavy atom. The number of carbonyl (C=O) groups excluding carboxylic acids is 1. The summed E-state index contributed by atoms with van der Waals surface area (Å²) in [5.41, 5.74) is 0. The number of hydrogen-bond acceptors (Lipinski definition) is 3. The summed E-state index contributed by atoms with van der Waals surface area (Å²) in [7, 11) is 0. The highest BCUT2D eigenvalue weighted by Crippen LogP contribution is 2.22. The van der Waals surface area contributed by atoms with E-state index in [1.54, 1.807) is 18.2 Å². The highest BCUT2D eigenvalue weighted by atomic mass is 35.5. The molecule has 0 aliphatic carbocycles. The Morgan fingerprint density at radius 2 is 2.14 bits per heavy atom. The van der Waals surface area contributed by atoms with Gasteiger partial charge >= 0.3 is 0 Å². The largest absolute Gasteiger partial charge is 0.481 e. The molecule has 1 amide bonds. The molecule has 0 fully saturated rings. The highest BCUT2D eigenvalue weighted by molar-refractivity contribution is 8.00. The first-order valence-corrected chi connectivity index (χ1v) is 8.52. The van der Waals surface area contributed by atoms with Crippen LogP contribution in [0.5, 0.6) is 5.75 Å². The quantitative estimate of drug-likeness (QED) is 0.764.